The highest BCUT2D eigenvalue weighted by Gasteiger charge is 2.34. The van der Waals surface area contributed by atoms with E-state index in [2.05, 4.69) is 15.9 Å². The molecule has 0 bridgehead atoms. The van der Waals surface area contributed by atoms with E-state index in [-0.39, 0.29) is 23.1 Å². The fourth-order valence-corrected chi connectivity index (χ4v) is 1.83. The summed E-state index contributed by atoms with van der Waals surface area (Å²) in [6.45, 7) is -0.209. The molecule has 0 aliphatic rings. The van der Waals surface area contributed by atoms with Crippen LogP contribution in [-0.2, 0) is 12.7 Å². The van der Waals surface area contributed by atoms with Gasteiger partial charge in [0.25, 0.3) is 5.56 Å². The van der Waals surface area contributed by atoms with Crippen LogP contribution in [0.2, 0.25) is 5.15 Å². The average molecular weight is 314 g/mol. The van der Waals surface area contributed by atoms with Crippen LogP contribution in [0.5, 0.6) is 0 Å². The quantitative estimate of drug-likeness (QED) is 0.632. The van der Waals surface area contributed by atoms with E-state index < -0.39 is 17.4 Å². The van der Waals surface area contributed by atoms with Crippen molar-refractivity contribution >= 4 is 11.6 Å². The van der Waals surface area contributed by atoms with E-state index in [0.717, 1.165) is 4.57 Å². The number of rotatable bonds is 2. The first kappa shape index (κ1) is 15.1. The molecule has 2 rings (SSSR count). The third-order valence-electron chi connectivity index (χ3n) is 2.53. The molecule has 2 aromatic rings. The minimum atomic E-state index is -4.74. The number of nitrogens with zero attached hydrogens (tertiary/aromatic N) is 3. The number of hydrogen-bond donors (Lipinski definition) is 0. The highest BCUT2D eigenvalue weighted by atomic mass is 35.5. The van der Waals surface area contributed by atoms with E-state index >= 15 is 0 Å². The Morgan fingerprint density at radius 3 is 2.67 bits per heavy atom. The summed E-state index contributed by atoms with van der Waals surface area (Å²) in [5.74, 6) is 1.99. The fourth-order valence-electron chi connectivity index (χ4n) is 1.66. The van der Waals surface area contributed by atoms with Gasteiger partial charge >= 0.3 is 6.18 Å². The van der Waals surface area contributed by atoms with Crippen LogP contribution in [-0.4, -0.2) is 14.5 Å². The number of aromatic nitrogens is 3. The van der Waals surface area contributed by atoms with Gasteiger partial charge in [0.2, 0.25) is 0 Å². The Hall–Kier alpha value is -2.33. The van der Waals surface area contributed by atoms with Crippen molar-refractivity contribution in [2.45, 2.75) is 12.7 Å². The van der Waals surface area contributed by atoms with Gasteiger partial charge in [0.1, 0.15) is 11.0 Å². The number of hydrogen-bond acceptors (Lipinski definition) is 3. The van der Waals surface area contributed by atoms with E-state index in [4.69, 9.17) is 18.0 Å². The Bertz CT molecular complexity index is 777. The molecule has 0 amide bonds. The molecular formula is C13H7ClF3N3O. The second-order valence-corrected chi connectivity index (χ2v) is 4.35. The molecule has 0 saturated carbocycles. The molecule has 0 aliphatic carbocycles. The van der Waals surface area contributed by atoms with Crippen molar-refractivity contribution < 1.29 is 13.2 Å². The molecule has 0 N–H and O–H groups in total. The molecular weight excluding hydrogens is 307 g/mol. The van der Waals surface area contributed by atoms with Crippen LogP contribution in [0.25, 0.3) is 11.4 Å². The molecule has 0 fully saturated rings. The predicted molar refractivity (Wildman–Crippen MR) is 70.6 cm³/mol. The van der Waals surface area contributed by atoms with Crippen LogP contribution >= 0.6 is 11.6 Å². The van der Waals surface area contributed by atoms with Crippen LogP contribution in [0.3, 0.4) is 0 Å². The minimum Gasteiger partial charge on any atom is -0.281 e. The van der Waals surface area contributed by atoms with Crippen LogP contribution in [0.1, 0.15) is 5.69 Å². The van der Waals surface area contributed by atoms with E-state index in [1.165, 1.54) is 18.3 Å². The maximum absolute atomic E-state index is 12.8. The number of pyridine rings is 1. The van der Waals surface area contributed by atoms with Crippen molar-refractivity contribution in [2.24, 2.45) is 0 Å². The first-order chi connectivity index (χ1) is 9.82. The first-order valence-electron chi connectivity index (χ1n) is 5.57. The summed E-state index contributed by atoms with van der Waals surface area (Å²) >= 11 is 5.70. The molecule has 0 unspecified atom stereocenters. The van der Waals surface area contributed by atoms with Gasteiger partial charge in [-0.2, -0.15) is 13.2 Å². The van der Waals surface area contributed by atoms with Gasteiger partial charge in [-0.05, 0) is 12.1 Å². The van der Waals surface area contributed by atoms with Crippen LogP contribution in [0.4, 0.5) is 13.2 Å². The van der Waals surface area contributed by atoms with Gasteiger partial charge in [0.15, 0.2) is 5.69 Å². The van der Waals surface area contributed by atoms with E-state index in [9.17, 15) is 18.0 Å². The summed E-state index contributed by atoms with van der Waals surface area (Å²) in [4.78, 5) is 19.0. The van der Waals surface area contributed by atoms with Gasteiger partial charge in [-0.3, -0.25) is 9.36 Å². The van der Waals surface area contributed by atoms with Gasteiger partial charge in [-0.1, -0.05) is 17.5 Å². The van der Waals surface area contributed by atoms with Gasteiger partial charge in [0, 0.05) is 17.8 Å². The molecule has 4 nitrogen and oxygen atoms in total. The lowest BCUT2D eigenvalue weighted by molar-refractivity contribution is -0.141. The molecule has 0 aliphatic heterocycles. The second-order valence-electron chi connectivity index (χ2n) is 3.96. The van der Waals surface area contributed by atoms with Crippen LogP contribution in [0.15, 0.2) is 29.2 Å². The Balaban J connectivity index is 2.75. The molecule has 108 valence electrons. The number of alkyl halides is 3. The maximum atomic E-state index is 12.8. The first-order valence-corrected chi connectivity index (χ1v) is 5.95. The average Bonchev–Trinajstić information content (AvgIpc) is 2.39. The van der Waals surface area contributed by atoms with Crippen molar-refractivity contribution in [2.75, 3.05) is 0 Å². The van der Waals surface area contributed by atoms with Gasteiger partial charge in [-0.15, -0.1) is 6.42 Å². The van der Waals surface area contributed by atoms with Crippen molar-refractivity contribution in [3.8, 4) is 23.7 Å². The van der Waals surface area contributed by atoms with E-state index in [1.807, 2.05) is 0 Å². The Kier molecular flexibility index (Phi) is 4.00. The van der Waals surface area contributed by atoms with Crippen molar-refractivity contribution in [3.05, 3.63) is 45.6 Å². The van der Waals surface area contributed by atoms with Gasteiger partial charge < -0.3 is 0 Å². The second kappa shape index (κ2) is 5.58. The summed E-state index contributed by atoms with van der Waals surface area (Å²) in [6, 6.07) is 3.10. The molecule has 0 spiro atoms. The smallest absolute Gasteiger partial charge is 0.281 e. The molecule has 2 aromatic heterocycles. The Morgan fingerprint density at radius 2 is 2.10 bits per heavy atom. The highest BCUT2D eigenvalue weighted by Crippen LogP contribution is 2.28. The van der Waals surface area contributed by atoms with Crippen molar-refractivity contribution in [1.29, 1.82) is 0 Å². The SMILES string of the molecule is C#CCn1c(-c2ccnc(Cl)c2)nc(C(F)(F)F)cc1=O. The third kappa shape index (κ3) is 3.23. The summed E-state index contributed by atoms with van der Waals surface area (Å²) in [6.07, 6.45) is 1.69. The van der Waals surface area contributed by atoms with Crippen molar-refractivity contribution in [1.82, 2.24) is 14.5 Å². The van der Waals surface area contributed by atoms with Gasteiger partial charge in [-0.25, -0.2) is 9.97 Å². The zero-order valence-corrected chi connectivity index (χ0v) is 11.1. The zero-order chi connectivity index (χ0) is 15.6. The maximum Gasteiger partial charge on any atom is 0.433 e. The minimum absolute atomic E-state index is 0.0615. The van der Waals surface area contributed by atoms with Crippen LogP contribution < -0.4 is 5.56 Å². The van der Waals surface area contributed by atoms with E-state index in [1.54, 1.807) is 0 Å². The lowest BCUT2D eigenvalue weighted by Crippen LogP contribution is -2.25. The monoisotopic (exact) mass is 313 g/mol. The largest absolute Gasteiger partial charge is 0.433 e. The summed E-state index contributed by atoms with van der Waals surface area (Å²) in [7, 11) is 0. The lowest BCUT2D eigenvalue weighted by atomic mass is 10.2. The molecule has 0 aromatic carbocycles. The molecule has 0 radical (unpaired) electrons. The number of halogens is 4. The highest BCUT2D eigenvalue weighted by molar-refractivity contribution is 6.29. The van der Waals surface area contributed by atoms with Crippen molar-refractivity contribution in [3.63, 3.8) is 0 Å². The molecule has 0 saturated heterocycles. The molecule has 0 atom stereocenters. The number of terminal acetylenes is 1. The van der Waals surface area contributed by atoms with Crippen LogP contribution in [0, 0.1) is 12.3 Å². The Labute approximate surface area is 122 Å². The lowest BCUT2D eigenvalue weighted by Gasteiger charge is -2.13. The molecule has 2 heterocycles. The van der Waals surface area contributed by atoms with E-state index in [0.29, 0.717) is 6.07 Å². The Morgan fingerprint density at radius 1 is 1.38 bits per heavy atom. The fraction of sp³-hybridized carbons (Fsp3) is 0.154. The molecule has 21 heavy (non-hydrogen) atoms. The zero-order valence-electron chi connectivity index (χ0n) is 10.4. The predicted octanol–water partition coefficient (Wildman–Crippen LogP) is 2.61. The standard InChI is InChI=1S/C13H7ClF3N3O/c1-2-5-20-11(21)7-9(13(15,16)17)19-12(20)8-3-4-18-10(14)6-8/h1,3-4,6-7H,5H2. The summed E-state index contributed by atoms with van der Waals surface area (Å²) in [5.41, 5.74) is -1.96. The molecule has 8 heteroatoms. The third-order valence-corrected chi connectivity index (χ3v) is 2.74. The summed E-state index contributed by atoms with van der Waals surface area (Å²) in [5, 5.41) is 0.0615. The summed E-state index contributed by atoms with van der Waals surface area (Å²) < 4.78 is 39.3. The topological polar surface area (TPSA) is 47.8 Å². The normalized spacial score (nSPS) is 11.2. The van der Waals surface area contributed by atoms with Gasteiger partial charge in [0.05, 0.1) is 6.54 Å².